The fourth-order valence-corrected chi connectivity index (χ4v) is 3.63. The Kier molecular flexibility index (Phi) is 5.59. The van der Waals surface area contributed by atoms with Gasteiger partial charge in [-0.25, -0.2) is 9.78 Å². The minimum atomic E-state index is -0.492. The van der Waals surface area contributed by atoms with Crippen molar-refractivity contribution >= 4 is 39.9 Å². The van der Waals surface area contributed by atoms with Crippen LogP contribution in [0.15, 0.2) is 54.6 Å². The Hall–Kier alpha value is -3.48. The van der Waals surface area contributed by atoms with Crippen LogP contribution in [0, 0.1) is 0 Å². The number of fused-ring (bicyclic) bond motifs is 1. The molecular weight excluding hydrogens is 390 g/mol. The Balaban J connectivity index is 1.56. The molecule has 2 aromatic carbocycles. The monoisotopic (exact) mass is 419 g/mol. The molecule has 7 heteroatoms. The zero-order chi connectivity index (χ0) is 22.0. The average Bonchev–Trinajstić information content (AvgIpc) is 2.74. The number of piperazine rings is 1. The summed E-state index contributed by atoms with van der Waals surface area (Å²) in [5.74, 6) is 0.875. The molecule has 31 heavy (non-hydrogen) atoms. The molecule has 3 aromatic rings. The molecule has 0 atom stereocenters. The van der Waals surface area contributed by atoms with E-state index in [1.165, 1.54) is 0 Å². The Morgan fingerprint density at radius 3 is 2.39 bits per heavy atom. The number of benzene rings is 2. The summed E-state index contributed by atoms with van der Waals surface area (Å²) in [5, 5.41) is 4.50. The minimum Gasteiger partial charge on any atom is -0.444 e. The highest BCUT2D eigenvalue weighted by atomic mass is 16.6. The van der Waals surface area contributed by atoms with Crippen LogP contribution in [0.1, 0.15) is 20.8 Å². The van der Waals surface area contributed by atoms with Gasteiger partial charge in [-0.1, -0.05) is 30.3 Å². The Bertz CT molecular complexity index is 1080. The average molecular weight is 420 g/mol. The van der Waals surface area contributed by atoms with Gasteiger partial charge in [0.1, 0.15) is 11.4 Å². The van der Waals surface area contributed by atoms with Crippen LogP contribution in [0.5, 0.6) is 0 Å². The maximum Gasteiger partial charge on any atom is 0.410 e. The molecule has 0 saturated carbocycles. The van der Waals surface area contributed by atoms with Gasteiger partial charge in [0.25, 0.3) is 0 Å². The topological polar surface area (TPSA) is 83.7 Å². The van der Waals surface area contributed by atoms with Crippen LogP contribution >= 0.6 is 0 Å². The first-order chi connectivity index (χ1) is 14.8. The fraction of sp³-hybridized carbons (Fsp3) is 0.333. The van der Waals surface area contributed by atoms with E-state index in [4.69, 9.17) is 15.5 Å². The second kappa shape index (κ2) is 8.34. The summed E-state index contributed by atoms with van der Waals surface area (Å²) in [6.07, 6.45) is -0.263. The van der Waals surface area contributed by atoms with Gasteiger partial charge in [0.15, 0.2) is 0 Å². The van der Waals surface area contributed by atoms with Gasteiger partial charge in [0, 0.05) is 37.6 Å². The second-order valence-electron chi connectivity index (χ2n) is 8.71. The van der Waals surface area contributed by atoms with Crippen LogP contribution in [-0.4, -0.2) is 47.8 Å². The lowest BCUT2D eigenvalue weighted by Crippen LogP contribution is -2.50. The van der Waals surface area contributed by atoms with E-state index in [0.717, 1.165) is 28.1 Å². The Morgan fingerprint density at radius 2 is 1.68 bits per heavy atom. The number of nitrogens with one attached hydrogen (secondary N) is 1. The summed E-state index contributed by atoms with van der Waals surface area (Å²) in [6.45, 7) is 8.22. The molecule has 4 rings (SSSR count). The van der Waals surface area contributed by atoms with Crippen molar-refractivity contribution in [1.29, 1.82) is 0 Å². The van der Waals surface area contributed by atoms with Crippen LogP contribution in [0.25, 0.3) is 10.9 Å². The molecule has 0 unspecified atom stereocenters. The number of hydrogen-bond acceptors (Lipinski definition) is 6. The molecule has 1 fully saturated rings. The van der Waals surface area contributed by atoms with E-state index in [0.29, 0.717) is 31.9 Å². The van der Waals surface area contributed by atoms with Crippen LogP contribution in [-0.2, 0) is 4.74 Å². The number of rotatable bonds is 3. The van der Waals surface area contributed by atoms with E-state index in [-0.39, 0.29) is 6.09 Å². The number of ether oxygens (including phenoxy) is 1. The van der Waals surface area contributed by atoms with Gasteiger partial charge in [-0.05, 0) is 39.0 Å². The molecule has 0 aliphatic carbocycles. The summed E-state index contributed by atoms with van der Waals surface area (Å²) >= 11 is 0. The number of pyridine rings is 1. The van der Waals surface area contributed by atoms with Crippen molar-refractivity contribution in [3.63, 3.8) is 0 Å². The standard InChI is InChI=1S/C24H29N5O2/c1-24(2,3)31-23(30)29-14-12-28(13-15-29)22-16-21(17-8-4-6-10-19(17)27-22)26-20-11-7-5-9-18(20)25/h4-11,16H,12-15,25H2,1-3H3,(H,26,27). The third kappa shape index (κ3) is 4.82. The Labute approximate surface area is 182 Å². The number of nitrogens with two attached hydrogens (primary N) is 1. The van der Waals surface area contributed by atoms with Crippen LogP contribution in [0.3, 0.4) is 0 Å². The van der Waals surface area contributed by atoms with Gasteiger partial charge < -0.3 is 25.6 Å². The number of amides is 1. The highest BCUT2D eigenvalue weighted by Crippen LogP contribution is 2.31. The largest absolute Gasteiger partial charge is 0.444 e. The molecular formula is C24H29N5O2. The lowest BCUT2D eigenvalue weighted by molar-refractivity contribution is 0.0240. The molecule has 0 bridgehead atoms. The molecule has 162 valence electrons. The van der Waals surface area contributed by atoms with Crippen molar-refractivity contribution in [3.05, 3.63) is 54.6 Å². The van der Waals surface area contributed by atoms with Gasteiger partial charge >= 0.3 is 6.09 Å². The maximum atomic E-state index is 12.4. The molecule has 0 spiro atoms. The third-order valence-electron chi connectivity index (χ3n) is 5.19. The zero-order valence-electron chi connectivity index (χ0n) is 18.3. The van der Waals surface area contributed by atoms with Gasteiger partial charge in [-0.2, -0.15) is 0 Å². The third-order valence-corrected chi connectivity index (χ3v) is 5.19. The zero-order valence-corrected chi connectivity index (χ0v) is 18.3. The van der Waals surface area contributed by atoms with Crippen molar-refractivity contribution < 1.29 is 9.53 Å². The molecule has 2 heterocycles. The van der Waals surface area contributed by atoms with Crippen molar-refractivity contribution in [2.45, 2.75) is 26.4 Å². The smallest absolute Gasteiger partial charge is 0.410 e. The number of nitrogens with zero attached hydrogens (tertiary/aromatic N) is 3. The predicted molar refractivity (Wildman–Crippen MR) is 126 cm³/mol. The van der Waals surface area contributed by atoms with Crippen molar-refractivity contribution in [3.8, 4) is 0 Å². The fourth-order valence-electron chi connectivity index (χ4n) is 3.63. The molecule has 1 aliphatic rings. The van der Waals surface area contributed by atoms with Gasteiger partial charge in [-0.15, -0.1) is 0 Å². The molecule has 0 radical (unpaired) electrons. The number of carbonyl (C=O) groups excluding carboxylic acids is 1. The van der Waals surface area contributed by atoms with Gasteiger partial charge in [0.2, 0.25) is 0 Å². The van der Waals surface area contributed by atoms with E-state index in [1.54, 1.807) is 4.90 Å². The predicted octanol–water partition coefficient (Wildman–Crippen LogP) is 4.62. The quantitative estimate of drug-likeness (QED) is 0.603. The minimum absolute atomic E-state index is 0.263. The normalized spacial score (nSPS) is 14.5. The number of anilines is 4. The SMILES string of the molecule is CC(C)(C)OC(=O)N1CCN(c2cc(Nc3ccccc3N)c3ccccc3n2)CC1. The number of aromatic nitrogens is 1. The first-order valence-electron chi connectivity index (χ1n) is 10.5. The van der Waals surface area contributed by atoms with Crippen LogP contribution < -0.4 is 16.0 Å². The maximum absolute atomic E-state index is 12.4. The summed E-state index contributed by atoms with van der Waals surface area (Å²) in [5.41, 5.74) is 9.06. The van der Waals surface area contributed by atoms with Crippen molar-refractivity contribution in [2.75, 3.05) is 42.1 Å². The first-order valence-corrected chi connectivity index (χ1v) is 10.5. The molecule has 1 aliphatic heterocycles. The van der Waals surface area contributed by atoms with E-state index >= 15 is 0 Å². The first kappa shape index (κ1) is 20.8. The van der Waals surface area contributed by atoms with Crippen LogP contribution in [0.4, 0.5) is 27.7 Å². The van der Waals surface area contributed by atoms with E-state index in [2.05, 4.69) is 16.3 Å². The summed E-state index contributed by atoms with van der Waals surface area (Å²) in [4.78, 5) is 21.2. The lowest BCUT2D eigenvalue weighted by atomic mass is 10.1. The highest BCUT2D eigenvalue weighted by molar-refractivity contribution is 5.95. The molecule has 1 amide bonds. The molecule has 1 saturated heterocycles. The summed E-state index contributed by atoms with van der Waals surface area (Å²) in [6, 6.07) is 17.8. The van der Waals surface area contributed by atoms with E-state index in [9.17, 15) is 4.79 Å². The Morgan fingerprint density at radius 1 is 1.00 bits per heavy atom. The summed E-state index contributed by atoms with van der Waals surface area (Å²) in [7, 11) is 0. The number of para-hydroxylation sites is 3. The number of hydrogen-bond donors (Lipinski definition) is 2. The van der Waals surface area contributed by atoms with Crippen molar-refractivity contribution in [2.24, 2.45) is 0 Å². The lowest BCUT2D eigenvalue weighted by Gasteiger charge is -2.36. The molecule has 3 N–H and O–H groups in total. The molecule has 7 nitrogen and oxygen atoms in total. The van der Waals surface area contributed by atoms with E-state index < -0.39 is 5.60 Å². The molecule has 1 aromatic heterocycles. The van der Waals surface area contributed by atoms with E-state index in [1.807, 2.05) is 69.3 Å². The number of carbonyl (C=O) groups is 1. The van der Waals surface area contributed by atoms with Crippen LogP contribution in [0.2, 0.25) is 0 Å². The van der Waals surface area contributed by atoms with Crippen molar-refractivity contribution in [1.82, 2.24) is 9.88 Å². The van der Waals surface area contributed by atoms with Gasteiger partial charge in [-0.3, -0.25) is 0 Å². The number of nitrogen functional groups attached to an aromatic ring is 1. The summed E-state index contributed by atoms with van der Waals surface area (Å²) < 4.78 is 5.50. The van der Waals surface area contributed by atoms with Gasteiger partial charge in [0.05, 0.1) is 22.6 Å². The highest BCUT2D eigenvalue weighted by Gasteiger charge is 2.26. The second-order valence-corrected chi connectivity index (χ2v) is 8.71.